The molecule has 0 aromatic carbocycles. The lowest BCUT2D eigenvalue weighted by Crippen LogP contribution is -2.44. The number of guanidine groups is 1. The van der Waals surface area contributed by atoms with Gasteiger partial charge in [0.05, 0.1) is 6.26 Å². The van der Waals surface area contributed by atoms with Crippen molar-refractivity contribution >= 4 is 11.8 Å². The highest BCUT2D eigenvalue weighted by Gasteiger charge is 2.14. The van der Waals surface area contributed by atoms with Crippen molar-refractivity contribution in [2.24, 2.45) is 4.99 Å². The van der Waals surface area contributed by atoms with Crippen LogP contribution in [0.3, 0.4) is 0 Å². The number of furan rings is 1. The van der Waals surface area contributed by atoms with Crippen LogP contribution in [-0.2, 0) is 17.9 Å². The topological polar surface area (TPSA) is 78.2 Å². The van der Waals surface area contributed by atoms with Gasteiger partial charge in [0.25, 0.3) is 0 Å². The molecule has 3 heterocycles. The minimum Gasteiger partial charge on any atom is -0.467 e. The first-order valence-electron chi connectivity index (χ1n) is 10.2. The van der Waals surface area contributed by atoms with E-state index in [1.165, 1.54) is 0 Å². The molecular weight excluding hydrogens is 368 g/mol. The maximum atomic E-state index is 5.58. The molecule has 29 heavy (non-hydrogen) atoms. The zero-order valence-electron chi connectivity index (χ0n) is 17.4. The Bertz CT molecular complexity index is 724. The summed E-state index contributed by atoms with van der Waals surface area (Å²) in [6, 6.07) is 8.01. The number of hydrogen-bond donors (Lipinski definition) is 2. The van der Waals surface area contributed by atoms with Crippen LogP contribution in [0.5, 0.6) is 0 Å². The Hall–Kier alpha value is -2.58. The van der Waals surface area contributed by atoms with Gasteiger partial charge in [-0.25, -0.2) is 4.98 Å². The van der Waals surface area contributed by atoms with Gasteiger partial charge in [-0.2, -0.15) is 0 Å². The summed E-state index contributed by atoms with van der Waals surface area (Å²) in [5.41, 5.74) is 1.13. The Balaban J connectivity index is 1.31. The van der Waals surface area contributed by atoms with Gasteiger partial charge in [-0.05, 0) is 37.2 Å². The Morgan fingerprint density at radius 1 is 1.21 bits per heavy atom. The number of hydrogen-bond acceptors (Lipinski definition) is 6. The van der Waals surface area contributed by atoms with Crippen LogP contribution in [0.2, 0.25) is 0 Å². The predicted octanol–water partition coefficient (Wildman–Crippen LogP) is 1.70. The van der Waals surface area contributed by atoms with Crippen molar-refractivity contribution in [2.45, 2.75) is 19.6 Å². The molecule has 0 amide bonds. The number of aliphatic imine (C=N–C) groups is 1. The molecule has 158 valence electrons. The number of nitrogens with zero attached hydrogens (tertiary/aromatic N) is 4. The van der Waals surface area contributed by atoms with Crippen LogP contribution >= 0.6 is 0 Å². The predicted molar refractivity (Wildman–Crippen MR) is 115 cm³/mol. The molecule has 8 nitrogen and oxygen atoms in total. The van der Waals surface area contributed by atoms with E-state index in [0.29, 0.717) is 19.8 Å². The van der Waals surface area contributed by atoms with Crippen molar-refractivity contribution < 1.29 is 9.15 Å². The maximum Gasteiger partial charge on any atom is 0.191 e. The van der Waals surface area contributed by atoms with E-state index in [4.69, 9.17) is 9.15 Å². The van der Waals surface area contributed by atoms with Crippen LogP contribution in [-0.4, -0.2) is 69.3 Å². The molecule has 2 aromatic heterocycles. The lowest BCUT2D eigenvalue weighted by Gasteiger charge is -2.33. The molecule has 2 N–H and O–H groups in total. The molecule has 1 aliphatic rings. The lowest BCUT2D eigenvalue weighted by atomic mass is 10.2. The average Bonchev–Trinajstić information content (AvgIpc) is 3.27. The number of pyridine rings is 1. The fourth-order valence-corrected chi connectivity index (χ4v) is 3.10. The first-order valence-corrected chi connectivity index (χ1v) is 10.2. The SMILES string of the molecule is CN=C(NCCCOCc1ccco1)NCc1ccc(N2CCN(C)CC2)nc1. The molecular formula is C21H32N6O2. The summed E-state index contributed by atoms with van der Waals surface area (Å²) in [5.74, 6) is 2.68. The first kappa shape index (κ1) is 21.1. The standard InChI is InChI=1S/C21H32N6O2/c1-22-21(23-8-4-13-28-17-19-5-3-14-29-19)25-16-18-6-7-20(24-15-18)27-11-9-26(2)10-12-27/h3,5-7,14-15H,4,8-13,16-17H2,1-2H3,(H2,22,23,25). The van der Waals surface area contributed by atoms with Gasteiger partial charge in [0, 0.05) is 59.1 Å². The number of rotatable bonds is 9. The molecule has 1 saturated heterocycles. The van der Waals surface area contributed by atoms with E-state index in [1.807, 2.05) is 18.3 Å². The second-order valence-electron chi connectivity index (χ2n) is 7.15. The third-order valence-electron chi connectivity index (χ3n) is 4.90. The maximum absolute atomic E-state index is 5.58. The van der Waals surface area contributed by atoms with Crippen LogP contribution < -0.4 is 15.5 Å². The van der Waals surface area contributed by atoms with Crippen molar-refractivity contribution in [1.82, 2.24) is 20.5 Å². The molecule has 0 saturated carbocycles. The number of anilines is 1. The Morgan fingerprint density at radius 3 is 2.76 bits per heavy atom. The van der Waals surface area contributed by atoms with E-state index < -0.39 is 0 Å². The number of likely N-dealkylation sites (N-methyl/N-ethyl adjacent to an activating group) is 1. The fourth-order valence-electron chi connectivity index (χ4n) is 3.10. The van der Waals surface area contributed by atoms with Crippen LogP contribution in [0.15, 0.2) is 46.1 Å². The summed E-state index contributed by atoms with van der Waals surface area (Å²) in [6.45, 7) is 6.89. The molecule has 8 heteroatoms. The zero-order chi connectivity index (χ0) is 20.3. The van der Waals surface area contributed by atoms with Crippen LogP contribution in [0.4, 0.5) is 5.82 Å². The van der Waals surface area contributed by atoms with Crippen LogP contribution in [0.1, 0.15) is 17.7 Å². The smallest absolute Gasteiger partial charge is 0.191 e. The number of ether oxygens (including phenoxy) is 1. The highest BCUT2D eigenvalue weighted by atomic mass is 16.5. The van der Waals surface area contributed by atoms with Crippen LogP contribution in [0, 0.1) is 0 Å². The van der Waals surface area contributed by atoms with Crippen molar-refractivity contribution in [2.75, 3.05) is 58.3 Å². The van der Waals surface area contributed by atoms with Gasteiger partial charge in [0.1, 0.15) is 18.2 Å². The van der Waals surface area contributed by atoms with Gasteiger partial charge in [-0.1, -0.05) is 6.07 Å². The molecule has 2 aromatic rings. The zero-order valence-corrected chi connectivity index (χ0v) is 17.4. The second kappa shape index (κ2) is 11.4. The Kier molecular flexibility index (Phi) is 8.33. The average molecular weight is 401 g/mol. The van der Waals surface area contributed by atoms with E-state index in [-0.39, 0.29) is 0 Å². The largest absolute Gasteiger partial charge is 0.467 e. The minimum absolute atomic E-state index is 0.511. The van der Waals surface area contributed by atoms with Crippen molar-refractivity contribution in [1.29, 1.82) is 0 Å². The minimum atomic E-state index is 0.511. The summed E-state index contributed by atoms with van der Waals surface area (Å²) < 4.78 is 10.8. The van der Waals surface area contributed by atoms with E-state index in [0.717, 1.165) is 62.2 Å². The molecule has 0 radical (unpaired) electrons. The fraction of sp³-hybridized carbons (Fsp3) is 0.524. The normalized spacial score (nSPS) is 15.5. The second-order valence-corrected chi connectivity index (χ2v) is 7.15. The molecule has 0 unspecified atom stereocenters. The van der Waals surface area contributed by atoms with Gasteiger partial charge in [0.15, 0.2) is 5.96 Å². The molecule has 0 spiro atoms. The summed E-state index contributed by atoms with van der Waals surface area (Å²) in [4.78, 5) is 13.6. The summed E-state index contributed by atoms with van der Waals surface area (Å²) in [5, 5.41) is 6.63. The van der Waals surface area contributed by atoms with E-state index in [9.17, 15) is 0 Å². The molecule has 0 atom stereocenters. The van der Waals surface area contributed by atoms with E-state index >= 15 is 0 Å². The van der Waals surface area contributed by atoms with Crippen molar-refractivity contribution in [3.05, 3.63) is 48.0 Å². The van der Waals surface area contributed by atoms with E-state index in [2.05, 4.69) is 49.6 Å². The van der Waals surface area contributed by atoms with Crippen molar-refractivity contribution in [3.63, 3.8) is 0 Å². The number of aromatic nitrogens is 1. The number of nitrogens with one attached hydrogen (secondary N) is 2. The van der Waals surface area contributed by atoms with E-state index in [1.54, 1.807) is 13.3 Å². The van der Waals surface area contributed by atoms with Gasteiger partial charge < -0.3 is 29.6 Å². The third-order valence-corrected chi connectivity index (χ3v) is 4.90. The van der Waals surface area contributed by atoms with Gasteiger partial charge in [-0.15, -0.1) is 0 Å². The van der Waals surface area contributed by atoms with Gasteiger partial charge in [-0.3, -0.25) is 4.99 Å². The van der Waals surface area contributed by atoms with Crippen molar-refractivity contribution in [3.8, 4) is 0 Å². The van der Waals surface area contributed by atoms with Gasteiger partial charge in [0.2, 0.25) is 0 Å². The molecule has 1 fully saturated rings. The first-order chi connectivity index (χ1) is 14.2. The monoisotopic (exact) mass is 400 g/mol. The lowest BCUT2D eigenvalue weighted by molar-refractivity contribution is 0.105. The third kappa shape index (κ3) is 7.07. The molecule has 3 rings (SSSR count). The Labute approximate surface area is 173 Å². The summed E-state index contributed by atoms with van der Waals surface area (Å²) in [6.07, 6.45) is 4.49. The van der Waals surface area contributed by atoms with Gasteiger partial charge >= 0.3 is 0 Å². The summed E-state index contributed by atoms with van der Waals surface area (Å²) in [7, 11) is 3.94. The van der Waals surface area contributed by atoms with Crippen LogP contribution in [0.25, 0.3) is 0 Å². The number of piperazine rings is 1. The molecule has 1 aliphatic heterocycles. The molecule has 0 aliphatic carbocycles. The molecule has 0 bridgehead atoms. The highest BCUT2D eigenvalue weighted by molar-refractivity contribution is 5.79. The quantitative estimate of drug-likeness (QED) is 0.377. The summed E-state index contributed by atoms with van der Waals surface area (Å²) >= 11 is 0. The highest BCUT2D eigenvalue weighted by Crippen LogP contribution is 2.13. The Morgan fingerprint density at radius 2 is 2.07 bits per heavy atom.